The molecule has 7 heteroatoms. The summed E-state index contributed by atoms with van der Waals surface area (Å²) >= 11 is 5.52. The zero-order valence-electron chi connectivity index (χ0n) is 12.7. The number of aliphatic hydroxyl groups excluding tert-OH is 1. The smallest absolute Gasteiger partial charge is 0.408 e. The first-order valence-electron chi connectivity index (χ1n) is 6.71. The van der Waals surface area contributed by atoms with Crippen molar-refractivity contribution in [2.24, 2.45) is 0 Å². The van der Waals surface area contributed by atoms with Gasteiger partial charge in [0.05, 0.1) is 0 Å². The van der Waals surface area contributed by atoms with E-state index in [9.17, 15) is 14.7 Å². The van der Waals surface area contributed by atoms with Crippen LogP contribution in [0.5, 0.6) is 0 Å². The van der Waals surface area contributed by atoms with Crippen molar-refractivity contribution in [3.05, 3.63) is 35.9 Å². The van der Waals surface area contributed by atoms with E-state index in [2.05, 4.69) is 5.32 Å². The van der Waals surface area contributed by atoms with Crippen LogP contribution in [0.3, 0.4) is 0 Å². The summed E-state index contributed by atoms with van der Waals surface area (Å²) in [5, 5.41) is 11.6. The zero-order chi connectivity index (χ0) is 16.8. The van der Waals surface area contributed by atoms with Crippen LogP contribution in [0.2, 0.25) is 0 Å². The van der Waals surface area contributed by atoms with Gasteiger partial charge in [-0.05, 0) is 26.3 Å². The maximum Gasteiger partial charge on any atom is 0.408 e. The quantitative estimate of drug-likeness (QED) is 0.639. The van der Waals surface area contributed by atoms with Crippen LogP contribution in [0.15, 0.2) is 30.3 Å². The third-order valence-electron chi connectivity index (χ3n) is 2.43. The van der Waals surface area contributed by atoms with Gasteiger partial charge < -0.3 is 19.9 Å². The van der Waals surface area contributed by atoms with Gasteiger partial charge in [-0.25, -0.2) is 9.59 Å². The van der Waals surface area contributed by atoms with Crippen LogP contribution in [0, 0.1) is 0 Å². The van der Waals surface area contributed by atoms with Crippen molar-refractivity contribution in [1.82, 2.24) is 5.32 Å². The van der Waals surface area contributed by atoms with Crippen LogP contribution in [0.1, 0.15) is 26.3 Å². The molecule has 22 heavy (non-hydrogen) atoms. The Bertz CT molecular complexity index is 498. The van der Waals surface area contributed by atoms with Gasteiger partial charge >= 0.3 is 12.1 Å². The van der Waals surface area contributed by atoms with Crippen LogP contribution < -0.4 is 5.32 Å². The molecule has 0 aromatic heterocycles. The van der Waals surface area contributed by atoms with Crippen LogP contribution in [-0.4, -0.2) is 34.4 Å². The molecule has 0 spiro atoms. The van der Waals surface area contributed by atoms with Gasteiger partial charge in [0.1, 0.15) is 12.2 Å². The van der Waals surface area contributed by atoms with E-state index >= 15 is 0 Å². The molecule has 1 rings (SSSR count). The number of amides is 1. The molecule has 0 aliphatic carbocycles. The number of aliphatic hydroxyl groups is 1. The second-order valence-electron chi connectivity index (χ2n) is 5.59. The lowest BCUT2D eigenvalue weighted by atomic mass is 10.2. The van der Waals surface area contributed by atoms with Crippen LogP contribution in [-0.2, 0) is 20.9 Å². The van der Waals surface area contributed by atoms with Crippen molar-refractivity contribution in [3.8, 4) is 0 Å². The highest BCUT2D eigenvalue weighted by atomic mass is 35.5. The number of benzene rings is 1. The van der Waals surface area contributed by atoms with Gasteiger partial charge in [-0.2, -0.15) is 0 Å². The van der Waals surface area contributed by atoms with E-state index in [4.69, 9.17) is 21.1 Å². The Balaban J connectivity index is 2.58. The molecule has 1 unspecified atom stereocenters. The van der Waals surface area contributed by atoms with Gasteiger partial charge in [-0.3, -0.25) is 0 Å². The average molecular weight is 330 g/mol. The molecular weight excluding hydrogens is 310 g/mol. The van der Waals surface area contributed by atoms with E-state index in [-0.39, 0.29) is 6.61 Å². The molecule has 0 saturated heterocycles. The van der Waals surface area contributed by atoms with Crippen molar-refractivity contribution in [2.75, 3.05) is 0 Å². The normalized spacial score (nSPS) is 13.9. The Morgan fingerprint density at radius 3 is 2.36 bits per heavy atom. The number of ether oxygens (including phenoxy) is 2. The molecule has 6 nitrogen and oxygen atoms in total. The molecule has 0 bridgehead atoms. The van der Waals surface area contributed by atoms with Gasteiger partial charge in [0.2, 0.25) is 0 Å². The number of halogens is 1. The second-order valence-corrected chi connectivity index (χ2v) is 6.04. The topological polar surface area (TPSA) is 84.9 Å². The van der Waals surface area contributed by atoms with Crippen molar-refractivity contribution in [3.63, 3.8) is 0 Å². The molecular formula is C15H20ClNO5. The van der Waals surface area contributed by atoms with Gasteiger partial charge in [-0.15, -0.1) is 0 Å². The molecule has 0 aliphatic heterocycles. The molecule has 0 heterocycles. The van der Waals surface area contributed by atoms with Crippen LogP contribution in [0.25, 0.3) is 0 Å². The fourth-order valence-electron chi connectivity index (χ4n) is 1.49. The van der Waals surface area contributed by atoms with Gasteiger partial charge in [0, 0.05) is 0 Å². The Kier molecular flexibility index (Phi) is 6.64. The predicted octanol–water partition coefficient (Wildman–Crippen LogP) is 2.18. The summed E-state index contributed by atoms with van der Waals surface area (Å²) in [4.78, 5) is 23.6. The third kappa shape index (κ3) is 6.78. The zero-order valence-corrected chi connectivity index (χ0v) is 13.5. The predicted molar refractivity (Wildman–Crippen MR) is 81.3 cm³/mol. The van der Waals surface area contributed by atoms with E-state index in [0.29, 0.717) is 0 Å². The first kappa shape index (κ1) is 18.3. The SMILES string of the molecule is CC(C)(C)OC(=O)N[C@H](C(=O)OCc1ccccc1)C(O)Cl. The highest BCUT2D eigenvalue weighted by Gasteiger charge is 2.30. The summed E-state index contributed by atoms with van der Waals surface area (Å²) in [6, 6.07) is 7.58. The average Bonchev–Trinajstić information content (AvgIpc) is 2.41. The van der Waals surface area contributed by atoms with E-state index in [0.717, 1.165) is 5.56 Å². The number of alkyl halides is 1. The van der Waals surface area contributed by atoms with Crippen LogP contribution >= 0.6 is 11.6 Å². The molecule has 0 fully saturated rings. The Hall–Kier alpha value is -1.79. The lowest BCUT2D eigenvalue weighted by molar-refractivity contribution is -0.149. The molecule has 0 aliphatic rings. The number of alkyl carbamates (subject to hydrolysis) is 1. The molecule has 0 radical (unpaired) electrons. The molecule has 1 amide bonds. The molecule has 0 saturated carbocycles. The highest BCUT2D eigenvalue weighted by Crippen LogP contribution is 2.10. The Labute approximate surface area is 134 Å². The lowest BCUT2D eigenvalue weighted by Crippen LogP contribution is -2.49. The number of carbonyl (C=O) groups excluding carboxylic acids is 2. The molecule has 122 valence electrons. The maximum absolute atomic E-state index is 11.9. The first-order valence-corrected chi connectivity index (χ1v) is 7.15. The Morgan fingerprint density at radius 2 is 1.86 bits per heavy atom. The molecule has 1 aromatic carbocycles. The number of carbonyl (C=O) groups is 2. The van der Waals surface area contributed by atoms with Crippen molar-refractivity contribution in [2.45, 2.75) is 44.6 Å². The number of esters is 1. The summed E-state index contributed by atoms with van der Waals surface area (Å²) < 4.78 is 10.0. The lowest BCUT2D eigenvalue weighted by Gasteiger charge is -2.23. The van der Waals surface area contributed by atoms with E-state index < -0.39 is 29.3 Å². The summed E-state index contributed by atoms with van der Waals surface area (Å²) in [5.74, 6) is -0.850. The van der Waals surface area contributed by atoms with Gasteiger partial charge in [-0.1, -0.05) is 41.9 Å². The fraction of sp³-hybridized carbons (Fsp3) is 0.467. The second kappa shape index (κ2) is 8.00. The monoisotopic (exact) mass is 329 g/mol. The molecule has 2 atom stereocenters. The minimum atomic E-state index is -1.63. The van der Waals surface area contributed by atoms with Gasteiger partial charge in [0.15, 0.2) is 11.6 Å². The van der Waals surface area contributed by atoms with Crippen molar-refractivity contribution in [1.29, 1.82) is 0 Å². The number of rotatable bonds is 5. The van der Waals surface area contributed by atoms with E-state index in [1.165, 1.54) is 0 Å². The minimum Gasteiger partial charge on any atom is -0.459 e. The summed E-state index contributed by atoms with van der Waals surface area (Å²) in [6.45, 7) is 5.03. The van der Waals surface area contributed by atoms with E-state index in [1.807, 2.05) is 6.07 Å². The number of nitrogens with one attached hydrogen (secondary N) is 1. The fourth-order valence-corrected chi connectivity index (χ4v) is 1.66. The highest BCUT2D eigenvalue weighted by molar-refractivity contribution is 6.21. The minimum absolute atomic E-state index is 0.00970. The largest absolute Gasteiger partial charge is 0.459 e. The first-order chi connectivity index (χ1) is 10.2. The molecule has 2 N–H and O–H groups in total. The number of hydrogen-bond acceptors (Lipinski definition) is 5. The third-order valence-corrected chi connectivity index (χ3v) is 2.68. The Morgan fingerprint density at radius 1 is 1.27 bits per heavy atom. The maximum atomic E-state index is 11.9. The van der Waals surface area contributed by atoms with Crippen LogP contribution in [0.4, 0.5) is 4.79 Å². The summed E-state index contributed by atoms with van der Waals surface area (Å²) in [5.41, 5.74) is -1.59. The summed E-state index contributed by atoms with van der Waals surface area (Å²) in [6.07, 6.45) is -0.867. The van der Waals surface area contributed by atoms with Crippen molar-refractivity contribution < 1.29 is 24.2 Å². The number of hydrogen-bond donors (Lipinski definition) is 2. The summed E-state index contributed by atoms with van der Waals surface area (Å²) in [7, 11) is 0. The standard InChI is InChI=1S/C15H20ClNO5/c1-15(2,3)22-14(20)17-11(12(16)18)13(19)21-9-10-7-5-4-6-8-10/h4-8,11-12,18H,9H2,1-3H3,(H,17,20)/t11-,12?/m0/s1. The van der Waals surface area contributed by atoms with Gasteiger partial charge in [0.25, 0.3) is 0 Å². The molecule has 1 aromatic rings. The van der Waals surface area contributed by atoms with Crippen molar-refractivity contribution >= 4 is 23.7 Å². The van der Waals surface area contributed by atoms with E-state index in [1.54, 1.807) is 45.0 Å².